The summed E-state index contributed by atoms with van der Waals surface area (Å²) < 4.78 is 30.9. The zero-order valence-electron chi connectivity index (χ0n) is 8.08. The number of aromatic nitrogens is 1. The average molecular weight is 260 g/mol. The van der Waals surface area contributed by atoms with Gasteiger partial charge in [-0.25, -0.2) is 13.6 Å². The molecule has 1 aromatic heterocycles. The minimum absolute atomic E-state index is 0.0678. The molecule has 0 aliphatic carbocycles. The number of benzene rings is 1. The second kappa shape index (κ2) is 4.14. The van der Waals surface area contributed by atoms with Crippen LogP contribution < -0.4 is 0 Å². The Morgan fingerprint density at radius 1 is 1.41 bits per heavy atom. The molecule has 0 atom stereocenters. The van der Waals surface area contributed by atoms with Gasteiger partial charge in [0.15, 0.2) is 5.82 Å². The predicted molar refractivity (Wildman–Crippen MR) is 53.8 cm³/mol. The maximum absolute atomic E-state index is 13.6. The molecule has 7 heteroatoms. The molecule has 0 saturated heterocycles. The van der Waals surface area contributed by atoms with Gasteiger partial charge in [-0.15, -0.1) is 0 Å². The fourth-order valence-electron chi connectivity index (χ4n) is 1.23. The van der Waals surface area contributed by atoms with Crippen molar-refractivity contribution in [3.63, 3.8) is 0 Å². The zero-order chi connectivity index (χ0) is 12.6. The standard InChI is InChI=1S/C10H4ClF2NO3/c11-8-5(12)2-1-4(9(8)13)6-3-7(10(15)16)17-14-6/h1-3H,(H,15,16). The van der Waals surface area contributed by atoms with Gasteiger partial charge in [0, 0.05) is 11.6 Å². The first-order valence-corrected chi connectivity index (χ1v) is 4.72. The molecule has 0 spiro atoms. The lowest BCUT2D eigenvalue weighted by atomic mass is 10.1. The van der Waals surface area contributed by atoms with Crippen LogP contribution in [-0.2, 0) is 0 Å². The summed E-state index contributed by atoms with van der Waals surface area (Å²) >= 11 is 5.38. The van der Waals surface area contributed by atoms with E-state index in [0.29, 0.717) is 0 Å². The minimum atomic E-state index is -1.34. The lowest BCUT2D eigenvalue weighted by molar-refractivity contribution is 0.0652. The van der Waals surface area contributed by atoms with E-state index in [4.69, 9.17) is 16.7 Å². The van der Waals surface area contributed by atoms with Gasteiger partial charge >= 0.3 is 5.97 Å². The van der Waals surface area contributed by atoms with Gasteiger partial charge < -0.3 is 9.63 Å². The van der Waals surface area contributed by atoms with Crippen molar-refractivity contribution >= 4 is 17.6 Å². The van der Waals surface area contributed by atoms with E-state index < -0.39 is 28.4 Å². The van der Waals surface area contributed by atoms with Crippen LogP contribution in [0.1, 0.15) is 10.6 Å². The molecule has 2 aromatic rings. The molecule has 88 valence electrons. The van der Waals surface area contributed by atoms with Crippen LogP contribution in [-0.4, -0.2) is 16.2 Å². The van der Waals surface area contributed by atoms with E-state index in [-0.39, 0.29) is 11.3 Å². The number of halogens is 3. The van der Waals surface area contributed by atoms with Gasteiger partial charge in [0.25, 0.3) is 0 Å². The van der Waals surface area contributed by atoms with Crippen LogP contribution in [0.15, 0.2) is 22.7 Å². The molecule has 0 fully saturated rings. The van der Waals surface area contributed by atoms with Crippen LogP contribution in [0.5, 0.6) is 0 Å². The topological polar surface area (TPSA) is 63.3 Å². The highest BCUT2D eigenvalue weighted by Crippen LogP contribution is 2.29. The van der Waals surface area contributed by atoms with E-state index in [9.17, 15) is 13.6 Å². The second-order valence-electron chi connectivity index (χ2n) is 3.10. The van der Waals surface area contributed by atoms with E-state index in [1.807, 2.05) is 0 Å². The average Bonchev–Trinajstić information content (AvgIpc) is 2.75. The Bertz CT molecular complexity index is 597. The number of carbonyl (C=O) groups is 1. The lowest BCUT2D eigenvalue weighted by Crippen LogP contribution is -1.92. The van der Waals surface area contributed by atoms with Crippen molar-refractivity contribution < 1.29 is 23.2 Å². The molecule has 4 nitrogen and oxygen atoms in total. The number of hydrogen-bond donors (Lipinski definition) is 1. The monoisotopic (exact) mass is 259 g/mol. The second-order valence-corrected chi connectivity index (χ2v) is 3.48. The summed E-state index contributed by atoms with van der Waals surface area (Å²) in [4.78, 5) is 10.5. The van der Waals surface area contributed by atoms with Crippen LogP contribution in [0.3, 0.4) is 0 Å². The number of carboxylic acid groups (broad SMARTS) is 1. The fraction of sp³-hybridized carbons (Fsp3) is 0. The summed E-state index contributed by atoms with van der Waals surface area (Å²) in [5.41, 5.74) is -0.200. The predicted octanol–water partition coefficient (Wildman–Crippen LogP) is 2.97. The van der Waals surface area contributed by atoms with Crippen molar-refractivity contribution in [1.29, 1.82) is 0 Å². The van der Waals surface area contributed by atoms with Crippen molar-refractivity contribution in [2.75, 3.05) is 0 Å². The summed E-state index contributed by atoms with van der Waals surface area (Å²) in [6, 6.07) is 3.07. The normalized spacial score (nSPS) is 10.5. The molecule has 0 aliphatic heterocycles. The Kier molecular flexibility index (Phi) is 2.81. The minimum Gasteiger partial charge on any atom is -0.475 e. The first-order valence-electron chi connectivity index (χ1n) is 4.34. The SMILES string of the molecule is O=C(O)c1cc(-c2ccc(F)c(Cl)c2F)no1. The molecule has 1 aromatic carbocycles. The highest BCUT2D eigenvalue weighted by atomic mass is 35.5. The maximum atomic E-state index is 13.6. The van der Waals surface area contributed by atoms with Crippen molar-refractivity contribution in [3.05, 3.63) is 40.6 Å². The van der Waals surface area contributed by atoms with Gasteiger partial charge in [0.1, 0.15) is 16.5 Å². The van der Waals surface area contributed by atoms with E-state index in [0.717, 1.165) is 18.2 Å². The molecule has 2 rings (SSSR count). The molecule has 1 N–H and O–H groups in total. The molecular formula is C10H4ClF2NO3. The van der Waals surface area contributed by atoms with Crippen LogP contribution in [0.4, 0.5) is 8.78 Å². The fourth-order valence-corrected chi connectivity index (χ4v) is 1.39. The molecular weight excluding hydrogens is 256 g/mol. The largest absolute Gasteiger partial charge is 0.475 e. The van der Waals surface area contributed by atoms with Crippen LogP contribution in [0, 0.1) is 11.6 Å². The number of rotatable bonds is 2. The van der Waals surface area contributed by atoms with Crippen LogP contribution in [0.2, 0.25) is 5.02 Å². The summed E-state index contributed by atoms with van der Waals surface area (Å²) in [6.45, 7) is 0. The van der Waals surface area contributed by atoms with E-state index >= 15 is 0 Å². The van der Waals surface area contributed by atoms with Gasteiger partial charge in [-0.05, 0) is 12.1 Å². The van der Waals surface area contributed by atoms with Gasteiger partial charge in [0.2, 0.25) is 5.76 Å². The molecule has 0 bridgehead atoms. The van der Waals surface area contributed by atoms with Crippen molar-refractivity contribution in [1.82, 2.24) is 5.16 Å². The van der Waals surface area contributed by atoms with E-state index in [2.05, 4.69) is 9.68 Å². The van der Waals surface area contributed by atoms with Crippen molar-refractivity contribution in [2.45, 2.75) is 0 Å². The zero-order valence-corrected chi connectivity index (χ0v) is 8.83. The third kappa shape index (κ3) is 1.99. The van der Waals surface area contributed by atoms with Gasteiger partial charge in [-0.1, -0.05) is 16.8 Å². The molecule has 0 radical (unpaired) electrons. The van der Waals surface area contributed by atoms with Crippen molar-refractivity contribution in [3.8, 4) is 11.3 Å². The molecule has 1 heterocycles. The van der Waals surface area contributed by atoms with Gasteiger partial charge in [-0.2, -0.15) is 0 Å². The summed E-state index contributed by atoms with van der Waals surface area (Å²) in [5, 5.41) is 11.3. The third-order valence-corrected chi connectivity index (χ3v) is 2.38. The maximum Gasteiger partial charge on any atom is 0.374 e. The Labute approximate surface area is 98.4 Å². The highest BCUT2D eigenvalue weighted by Gasteiger charge is 2.18. The van der Waals surface area contributed by atoms with E-state index in [1.54, 1.807) is 0 Å². The van der Waals surface area contributed by atoms with Crippen LogP contribution >= 0.6 is 11.6 Å². The quantitative estimate of drug-likeness (QED) is 0.842. The van der Waals surface area contributed by atoms with Gasteiger partial charge in [0.05, 0.1) is 0 Å². The first-order chi connectivity index (χ1) is 8.00. The summed E-state index contributed by atoms with van der Waals surface area (Å²) in [6.07, 6.45) is 0. The molecule has 0 aliphatic rings. The number of carboxylic acids is 1. The summed E-state index contributed by atoms with van der Waals surface area (Å²) in [7, 11) is 0. The molecule has 17 heavy (non-hydrogen) atoms. The smallest absolute Gasteiger partial charge is 0.374 e. The Balaban J connectivity index is 2.53. The lowest BCUT2D eigenvalue weighted by Gasteiger charge is -2.01. The third-order valence-electron chi connectivity index (χ3n) is 2.03. The summed E-state index contributed by atoms with van der Waals surface area (Å²) in [5.74, 6) is -3.70. The Hall–Kier alpha value is -1.95. The molecule has 0 unspecified atom stereocenters. The first kappa shape index (κ1) is 11.5. The molecule has 0 saturated carbocycles. The Morgan fingerprint density at radius 2 is 2.12 bits per heavy atom. The number of aromatic carboxylic acids is 1. The van der Waals surface area contributed by atoms with E-state index in [1.165, 1.54) is 0 Å². The number of nitrogens with zero attached hydrogens (tertiary/aromatic N) is 1. The van der Waals surface area contributed by atoms with Crippen molar-refractivity contribution in [2.24, 2.45) is 0 Å². The molecule has 0 amide bonds. The highest BCUT2D eigenvalue weighted by molar-refractivity contribution is 6.31. The van der Waals surface area contributed by atoms with Crippen LogP contribution in [0.25, 0.3) is 11.3 Å². The number of hydrogen-bond acceptors (Lipinski definition) is 3. The Morgan fingerprint density at radius 3 is 2.71 bits per heavy atom. The van der Waals surface area contributed by atoms with Gasteiger partial charge in [-0.3, -0.25) is 0 Å².